The van der Waals surface area contributed by atoms with Crippen molar-refractivity contribution in [3.05, 3.63) is 18.0 Å². The van der Waals surface area contributed by atoms with Crippen LogP contribution in [-0.4, -0.2) is 28.4 Å². The fraction of sp³-hybridized carbons (Fsp3) is 0.727. The van der Waals surface area contributed by atoms with Gasteiger partial charge in [-0.15, -0.1) is 11.6 Å². The number of halogens is 1. The Morgan fingerprint density at radius 2 is 2.53 bits per heavy atom. The van der Waals surface area contributed by atoms with Crippen molar-refractivity contribution in [1.82, 2.24) is 9.78 Å². The zero-order valence-electron chi connectivity index (χ0n) is 9.03. The van der Waals surface area contributed by atoms with Crippen LogP contribution in [-0.2, 0) is 17.7 Å². The molecule has 0 bridgehead atoms. The van der Waals surface area contributed by atoms with Crippen molar-refractivity contribution in [2.75, 3.05) is 13.2 Å². The van der Waals surface area contributed by atoms with Gasteiger partial charge in [0.05, 0.1) is 12.8 Å². The summed E-state index contributed by atoms with van der Waals surface area (Å²) in [6.45, 7) is 4.60. The highest BCUT2D eigenvalue weighted by Gasteiger charge is 2.24. The Bertz CT molecular complexity index is 313. The number of aromatic nitrogens is 2. The van der Waals surface area contributed by atoms with Crippen molar-refractivity contribution in [3.8, 4) is 0 Å². The molecule has 1 saturated heterocycles. The van der Waals surface area contributed by atoms with Crippen LogP contribution in [0.15, 0.2) is 12.4 Å². The van der Waals surface area contributed by atoms with Gasteiger partial charge in [0.2, 0.25) is 0 Å². The Balaban J connectivity index is 1.95. The highest BCUT2D eigenvalue weighted by atomic mass is 35.5. The van der Waals surface area contributed by atoms with Crippen LogP contribution in [0.3, 0.4) is 0 Å². The maximum absolute atomic E-state index is 6.27. The fourth-order valence-corrected chi connectivity index (χ4v) is 2.20. The molecule has 15 heavy (non-hydrogen) atoms. The third kappa shape index (κ3) is 2.73. The molecule has 0 N–H and O–H groups in total. The fourth-order valence-electron chi connectivity index (χ4n) is 1.95. The second-order valence-electron chi connectivity index (χ2n) is 4.05. The summed E-state index contributed by atoms with van der Waals surface area (Å²) in [5, 5.41) is 4.51. The van der Waals surface area contributed by atoms with Crippen molar-refractivity contribution in [2.24, 2.45) is 5.92 Å². The maximum atomic E-state index is 6.27. The smallest absolute Gasteiger partial charge is 0.0521 e. The Labute approximate surface area is 95.4 Å². The van der Waals surface area contributed by atoms with E-state index in [1.807, 2.05) is 10.9 Å². The van der Waals surface area contributed by atoms with Crippen LogP contribution >= 0.6 is 11.6 Å². The van der Waals surface area contributed by atoms with Gasteiger partial charge in [-0.3, -0.25) is 4.68 Å². The van der Waals surface area contributed by atoms with Crippen LogP contribution in [0.5, 0.6) is 0 Å². The average Bonchev–Trinajstić information content (AvgIpc) is 2.69. The topological polar surface area (TPSA) is 27.1 Å². The number of hydrogen-bond donors (Lipinski definition) is 0. The van der Waals surface area contributed by atoms with Gasteiger partial charge in [0, 0.05) is 30.6 Å². The monoisotopic (exact) mass is 228 g/mol. The van der Waals surface area contributed by atoms with Gasteiger partial charge in [0.1, 0.15) is 0 Å². The van der Waals surface area contributed by atoms with Gasteiger partial charge < -0.3 is 4.74 Å². The first kappa shape index (κ1) is 11.0. The van der Waals surface area contributed by atoms with E-state index >= 15 is 0 Å². The highest BCUT2D eigenvalue weighted by molar-refractivity contribution is 6.20. The predicted molar refractivity (Wildman–Crippen MR) is 60.2 cm³/mol. The Morgan fingerprint density at radius 3 is 3.20 bits per heavy atom. The molecule has 0 amide bonds. The summed E-state index contributed by atoms with van der Waals surface area (Å²) in [5.74, 6) is 0.440. The standard InChI is InChI=1S/C11H17ClN2O/c1-2-14-7-9(6-13-14)5-10-8-15-4-3-11(10)12/h6-7,10-11H,2-5,8H2,1H3. The van der Waals surface area contributed by atoms with Crippen LogP contribution in [0.25, 0.3) is 0 Å². The molecule has 1 aliphatic rings. The number of ether oxygens (including phenoxy) is 1. The minimum absolute atomic E-state index is 0.253. The summed E-state index contributed by atoms with van der Waals surface area (Å²) in [6, 6.07) is 0. The molecule has 3 nitrogen and oxygen atoms in total. The molecule has 0 radical (unpaired) electrons. The summed E-state index contributed by atoms with van der Waals surface area (Å²) in [7, 11) is 0. The second-order valence-corrected chi connectivity index (χ2v) is 4.61. The third-order valence-electron chi connectivity index (χ3n) is 2.89. The molecule has 1 aliphatic heterocycles. The average molecular weight is 229 g/mol. The lowest BCUT2D eigenvalue weighted by Crippen LogP contribution is -2.29. The van der Waals surface area contributed by atoms with E-state index in [9.17, 15) is 0 Å². The second kappa shape index (κ2) is 4.99. The molecule has 0 saturated carbocycles. The summed E-state index contributed by atoms with van der Waals surface area (Å²) in [4.78, 5) is 0. The summed E-state index contributed by atoms with van der Waals surface area (Å²) in [5.41, 5.74) is 1.26. The quantitative estimate of drug-likeness (QED) is 0.741. The van der Waals surface area contributed by atoms with E-state index in [2.05, 4.69) is 18.2 Å². The van der Waals surface area contributed by atoms with Crippen molar-refractivity contribution in [2.45, 2.75) is 31.7 Å². The Morgan fingerprint density at radius 1 is 1.67 bits per heavy atom. The molecule has 0 aromatic carbocycles. The lowest BCUT2D eigenvalue weighted by atomic mass is 9.95. The molecule has 2 heterocycles. The van der Waals surface area contributed by atoms with E-state index in [0.29, 0.717) is 5.92 Å². The molecule has 2 rings (SSSR count). The molecular weight excluding hydrogens is 212 g/mol. The van der Waals surface area contributed by atoms with Gasteiger partial charge in [-0.1, -0.05) is 0 Å². The maximum Gasteiger partial charge on any atom is 0.0521 e. The molecule has 1 aromatic rings. The highest BCUT2D eigenvalue weighted by Crippen LogP contribution is 2.23. The number of hydrogen-bond acceptors (Lipinski definition) is 2. The van der Waals surface area contributed by atoms with E-state index in [4.69, 9.17) is 16.3 Å². The molecule has 84 valence electrons. The molecular formula is C11H17ClN2O. The normalized spacial score (nSPS) is 26.8. The zero-order valence-corrected chi connectivity index (χ0v) is 9.78. The SMILES string of the molecule is CCn1cc(CC2COCCC2Cl)cn1. The number of rotatable bonds is 3. The minimum Gasteiger partial charge on any atom is -0.381 e. The molecule has 1 aromatic heterocycles. The van der Waals surface area contributed by atoms with Crippen LogP contribution < -0.4 is 0 Å². The zero-order chi connectivity index (χ0) is 10.7. The van der Waals surface area contributed by atoms with Gasteiger partial charge in [-0.05, 0) is 25.3 Å². The first-order valence-electron chi connectivity index (χ1n) is 5.52. The van der Waals surface area contributed by atoms with Crippen molar-refractivity contribution >= 4 is 11.6 Å². The molecule has 2 atom stereocenters. The van der Waals surface area contributed by atoms with Crippen molar-refractivity contribution in [1.29, 1.82) is 0 Å². The molecule has 4 heteroatoms. The predicted octanol–water partition coefficient (Wildman–Crippen LogP) is 2.09. The molecule has 2 unspecified atom stereocenters. The van der Waals surface area contributed by atoms with E-state index in [-0.39, 0.29) is 5.38 Å². The molecule has 0 aliphatic carbocycles. The Kier molecular flexibility index (Phi) is 3.65. The largest absolute Gasteiger partial charge is 0.381 e. The Hall–Kier alpha value is -0.540. The van der Waals surface area contributed by atoms with Gasteiger partial charge in [0.15, 0.2) is 0 Å². The molecule has 1 fully saturated rings. The summed E-state index contributed by atoms with van der Waals surface area (Å²) < 4.78 is 7.39. The lowest BCUT2D eigenvalue weighted by Gasteiger charge is -2.26. The van der Waals surface area contributed by atoms with Crippen LogP contribution in [0.2, 0.25) is 0 Å². The number of aryl methyl sites for hydroxylation is 1. The molecule has 0 spiro atoms. The van der Waals surface area contributed by atoms with E-state index in [0.717, 1.165) is 32.6 Å². The number of alkyl halides is 1. The van der Waals surface area contributed by atoms with Gasteiger partial charge in [-0.25, -0.2) is 0 Å². The van der Waals surface area contributed by atoms with Gasteiger partial charge in [0.25, 0.3) is 0 Å². The van der Waals surface area contributed by atoms with E-state index in [1.165, 1.54) is 5.56 Å². The van der Waals surface area contributed by atoms with Crippen LogP contribution in [0, 0.1) is 5.92 Å². The lowest BCUT2D eigenvalue weighted by molar-refractivity contribution is 0.0578. The minimum atomic E-state index is 0.253. The van der Waals surface area contributed by atoms with Crippen molar-refractivity contribution < 1.29 is 4.74 Å². The summed E-state index contributed by atoms with van der Waals surface area (Å²) >= 11 is 6.27. The first-order chi connectivity index (χ1) is 7.29. The van der Waals surface area contributed by atoms with E-state index < -0.39 is 0 Å². The van der Waals surface area contributed by atoms with E-state index in [1.54, 1.807) is 0 Å². The van der Waals surface area contributed by atoms with Crippen LogP contribution in [0.4, 0.5) is 0 Å². The van der Waals surface area contributed by atoms with Gasteiger partial charge in [-0.2, -0.15) is 5.10 Å². The summed E-state index contributed by atoms with van der Waals surface area (Å²) in [6.07, 6.45) is 5.97. The van der Waals surface area contributed by atoms with Crippen molar-refractivity contribution in [3.63, 3.8) is 0 Å². The first-order valence-corrected chi connectivity index (χ1v) is 5.96. The van der Waals surface area contributed by atoms with Crippen LogP contribution in [0.1, 0.15) is 18.9 Å². The van der Waals surface area contributed by atoms with Gasteiger partial charge >= 0.3 is 0 Å². The number of nitrogens with zero attached hydrogens (tertiary/aromatic N) is 2. The third-order valence-corrected chi connectivity index (χ3v) is 3.46.